The highest BCUT2D eigenvalue weighted by Crippen LogP contribution is 2.03. The van der Waals surface area contributed by atoms with Crippen LogP contribution in [0.15, 0.2) is 54.2 Å². The smallest absolute Gasteiger partial charge is 0.271 e. The van der Waals surface area contributed by atoms with Gasteiger partial charge in [0.2, 0.25) is 5.91 Å². The Balaban J connectivity index is 1.85. The van der Waals surface area contributed by atoms with Crippen LogP contribution in [0.5, 0.6) is 0 Å². The van der Waals surface area contributed by atoms with E-state index in [4.69, 9.17) is 0 Å². The van der Waals surface area contributed by atoms with Crippen molar-refractivity contribution in [1.29, 1.82) is 0 Å². The molecule has 0 aliphatic heterocycles. The molecule has 0 fully saturated rings. The first-order chi connectivity index (χ1) is 10.6. The topological polar surface area (TPSA) is 96.3 Å². The summed E-state index contributed by atoms with van der Waals surface area (Å²) in [4.78, 5) is 31.3. The Labute approximate surface area is 127 Å². The summed E-state index contributed by atoms with van der Waals surface area (Å²) in [5.41, 5.74) is 3.95. The van der Waals surface area contributed by atoms with Gasteiger partial charge in [-0.15, -0.1) is 0 Å². The zero-order chi connectivity index (χ0) is 15.8. The first-order valence-corrected chi connectivity index (χ1v) is 6.58. The van der Waals surface area contributed by atoms with Gasteiger partial charge in [-0.2, -0.15) is 5.10 Å². The largest absolute Gasteiger partial charge is 0.324 e. The summed E-state index contributed by atoms with van der Waals surface area (Å²) in [5, 5.41) is 6.59. The molecule has 2 heterocycles. The van der Waals surface area contributed by atoms with E-state index in [0.717, 1.165) is 0 Å². The van der Waals surface area contributed by atoms with Gasteiger partial charge in [-0.1, -0.05) is 0 Å². The van der Waals surface area contributed by atoms with Crippen LogP contribution in [0.1, 0.15) is 23.7 Å². The fraction of sp³-hybridized carbons (Fsp3) is 0.133. The average molecular weight is 297 g/mol. The van der Waals surface area contributed by atoms with E-state index in [1.54, 1.807) is 43.6 Å². The summed E-state index contributed by atoms with van der Waals surface area (Å²) in [5.74, 6) is -0.582. The number of carbonyl (C=O) groups excluding carboxylic acids is 2. The molecule has 7 nitrogen and oxygen atoms in total. The lowest BCUT2D eigenvalue weighted by atomic mass is 10.2. The van der Waals surface area contributed by atoms with E-state index in [-0.39, 0.29) is 18.2 Å². The van der Waals surface area contributed by atoms with E-state index < -0.39 is 0 Å². The Morgan fingerprint density at radius 2 is 1.91 bits per heavy atom. The van der Waals surface area contributed by atoms with Gasteiger partial charge >= 0.3 is 0 Å². The number of anilines is 1. The highest BCUT2D eigenvalue weighted by molar-refractivity contribution is 6.06. The maximum absolute atomic E-state index is 11.8. The van der Waals surface area contributed by atoms with Crippen LogP contribution in [0.25, 0.3) is 0 Å². The van der Waals surface area contributed by atoms with Crippen molar-refractivity contribution in [2.24, 2.45) is 5.10 Å². The Kier molecular flexibility index (Phi) is 5.31. The molecular formula is C15H15N5O2. The van der Waals surface area contributed by atoms with Crippen molar-refractivity contribution in [1.82, 2.24) is 15.4 Å². The minimum atomic E-state index is -0.352. The predicted octanol–water partition coefficient (Wildman–Crippen LogP) is 1.61. The van der Waals surface area contributed by atoms with E-state index in [2.05, 4.69) is 25.8 Å². The van der Waals surface area contributed by atoms with Gasteiger partial charge < -0.3 is 5.32 Å². The molecule has 0 radical (unpaired) electrons. The Morgan fingerprint density at radius 3 is 2.59 bits per heavy atom. The standard InChI is InChI=1S/C15H15N5O2/c1-11(9-14(21)18-13-3-2-6-17-10-13)19-20-15(22)12-4-7-16-8-5-12/h2-8,10H,9H2,1H3,(H,18,21)(H,20,22)/b19-11+. The van der Waals surface area contributed by atoms with Crippen molar-refractivity contribution in [2.75, 3.05) is 5.32 Å². The number of hydrogen-bond donors (Lipinski definition) is 2. The molecule has 0 saturated heterocycles. The van der Waals surface area contributed by atoms with Crippen molar-refractivity contribution in [3.8, 4) is 0 Å². The van der Waals surface area contributed by atoms with Gasteiger partial charge in [0.25, 0.3) is 5.91 Å². The van der Waals surface area contributed by atoms with Gasteiger partial charge in [0.1, 0.15) is 0 Å². The second-order valence-electron chi connectivity index (χ2n) is 4.49. The number of carbonyl (C=O) groups is 2. The number of nitrogens with zero attached hydrogens (tertiary/aromatic N) is 3. The van der Waals surface area contributed by atoms with Crippen LogP contribution in [0.3, 0.4) is 0 Å². The van der Waals surface area contributed by atoms with Gasteiger partial charge in [0.05, 0.1) is 18.3 Å². The van der Waals surface area contributed by atoms with Crippen LogP contribution >= 0.6 is 0 Å². The minimum Gasteiger partial charge on any atom is -0.324 e. The maximum Gasteiger partial charge on any atom is 0.271 e. The molecule has 22 heavy (non-hydrogen) atoms. The Morgan fingerprint density at radius 1 is 1.14 bits per heavy atom. The SMILES string of the molecule is C/C(CC(=O)Nc1cccnc1)=N\NC(=O)c1ccncc1. The van der Waals surface area contributed by atoms with Gasteiger partial charge in [0.15, 0.2) is 0 Å². The molecule has 2 N–H and O–H groups in total. The average Bonchev–Trinajstić information content (AvgIpc) is 2.54. The van der Waals surface area contributed by atoms with Gasteiger partial charge in [-0.05, 0) is 31.2 Å². The molecule has 7 heteroatoms. The molecule has 0 atom stereocenters. The second-order valence-corrected chi connectivity index (χ2v) is 4.49. The summed E-state index contributed by atoms with van der Waals surface area (Å²) in [6.45, 7) is 1.66. The number of amides is 2. The molecule has 0 aromatic carbocycles. The minimum absolute atomic E-state index is 0.0749. The zero-order valence-electron chi connectivity index (χ0n) is 12.0. The number of hydrogen-bond acceptors (Lipinski definition) is 5. The molecule has 0 saturated carbocycles. The maximum atomic E-state index is 11.8. The molecule has 0 unspecified atom stereocenters. The van der Waals surface area contributed by atoms with Crippen molar-refractivity contribution >= 4 is 23.2 Å². The molecular weight excluding hydrogens is 282 g/mol. The van der Waals surface area contributed by atoms with E-state index >= 15 is 0 Å². The summed E-state index contributed by atoms with van der Waals surface area (Å²) in [6.07, 6.45) is 6.29. The predicted molar refractivity (Wildman–Crippen MR) is 82.3 cm³/mol. The van der Waals surface area contributed by atoms with Gasteiger partial charge in [0, 0.05) is 29.9 Å². The first kappa shape index (κ1) is 15.3. The number of aromatic nitrogens is 2. The van der Waals surface area contributed by atoms with Gasteiger partial charge in [-0.25, -0.2) is 5.43 Å². The third-order valence-electron chi connectivity index (χ3n) is 2.65. The highest BCUT2D eigenvalue weighted by Gasteiger charge is 2.06. The molecule has 112 valence electrons. The zero-order valence-corrected chi connectivity index (χ0v) is 12.0. The first-order valence-electron chi connectivity index (χ1n) is 6.58. The normalized spacial score (nSPS) is 10.9. The number of rotatable bonds is 5. The molecule has 2 aromatic rings. The molecule has 0 bridgehead atoms. The van der Waals surface area contributed by atoms with Crippen LogP contribution < -0.4 is 10.7 Å². The lowest BCUT2D eigenvalue weighted by Crippen LogP contribution is -2.21. The van der Waals surface area contributed by atoms with Crippen LogP contribution in [0.2, 0.25) is 0 Å². The lowest BCUT2D eigenvalue weighted by molar-refractivity contribution is -0.115. The third-order valence-corrected chi connectivity index (χ3v) is 2.65. The Hall–Kier alpha value is -3.09. The summed E-state index contributed by atoms with van der Waals surface area (Å²) in [6, 6.07) is 6.62. The number of hydrazone groups is 1. The molecule has 2 amide bonds. The Bertz CT molecular complexity index is 671. The molecule has 2 aromatic heterocycles. The van der Waals surface area contributed by atoms with E-state index in [1.807, 2.05) is 0 Å². The fourth-order valence-electron chi connectivity index (χ4n) is 1.63. The van der Waals surface area contributed by atoms with Crippen molar-refractivity contribution in [2.45, 2.75) is 13.3 Å². The van der Waals surface area contributed by atoms with Crippen molar-refractivity contribution in [3.63, 3.8) is 0 Å². The molecule has 0 spiro atoms. The second kappa shape index (κ2) is 7.63. The summed E-state index contributed by atoms with van der Waals surface area (Å²) < 4.78 is 0. The van der Waals surface area contributed by atoms with Crippen LogP contribution in [-0.2, 0) is 4.79 Å². The monoisotopic (exact) mass is 297 g/mol. The molecule has 0 aliphatic carbocycles. The molecule has 0 aliphatic rings. The van der Waals surface area contributed by atoms with Crippen molar-refractivity contribution in [3.05, 3.63) is 54.6 Å². The number of pyridine rings is 2. The molecule has 2 rings (SSSR count). The summed E-state index contributed by atoms with van der Waals surface area (Å²) in [7, 11) is 0. The fourth-order valence-corrected chi connectivity index (χ4v) is 1.63. The quantitative estimate of drug-likeness (QED) is 0.647. The van der Waals surface area contributed by atoms with Crippen LogP contribution in [-0.4, -0.2) is 27.5 Å². The van der Waals surface area contributed by atoms with E-state index in [0.29, 0.717) is 17.0 Å². The third kappa shape index (κ3) is 4.78. The van der Waals surface area contributed by atoms with Crippen LogP contribution in [0, 0.1) is 0 Å². The van der Waals surface area contributed by atoms with E-state index in [9.17, 15) is 9.59 Å². The summed E-state index contributed by atoms with van der Waals surface area (Å²) >= 11 is 0. The van der Waals surface area contributed by atoms with E-state index in [1.165, 1.54) is 12.4 Å². The van der Waals surface area contributed by atoms with Crippen LogP contribution in [0.4, 0.5) is 5.69 Å². The lowest BCUT2D eigenvalue weighted by Gasteiger charge is -2.05. The highest BCUT2D eigenvalue weighted by atomic mass is 16.2. The van der Waals surface area contributed by atoms with Crippen molar-refractivity contribution < 1.29 is 9.59 Å². The number of nitrogens with one attached hydrogen (secondary N) is 2. The van der Waals surface area contributed by atoms with Gasteiger partial charge in [-0.3, -0.25) is 19.6 Å².